The highest BCUT2D eigenvalue weighted by Gasteiger charge is 2.46. The van der Waals surface area contributed by atoms with E-state index in [0.717, 1.165) is 44.4 Å². The van der Waals surface area contributed by atoms with Gasteiger partial charge in [0.1, 0.15) is 0 Å². The lowest BCUT2D eigenvalue weighted by Gasteiger charge is -2.42. The van der Waals surface area contributed by atoms with E-state index in [2.05, 4.69) is 32.7 Å². The fourth-order valence-corrected chi connectivity index (χ4v) is 5.02. The van der Waals surface area contributed by atoms with Gasteiger partial charge in [0.25, 0.3) is 0 Å². The van der Waals surface area contributed by atoms with Crippen molar-refractivity contribution in [3.05, 3.63) is 0 Å². The van der Waals surface area contributed by atoms with Crippen molar-refractivity contribution >= 4 is 0 Å². The largest absolute Gasteiger partial charge is 0.347 e. The lowest BCUT2D eigenvalue weighted by Crippen LogP contribution is -2.39. The zero-order valence-corrected chi connectivity index (χ0v) is 16.5. The molecule has 2 saturated carbocycles. The molecule has 2 aliphatic carbocycles. The van der Waals surface area contributed by atoms with Crippen molar-refractivity contribution in [2.75, 3.05) is 20.2 Å². The van der Waals surface area contributed by atoms with Crippen molar-refractivity contribution in [2.45, 2.75) is 103 Å². The molecule has 140 valence electrons. The van der Waals surface area contributed by atoms with Crippen LogP contribution in [0.5, 0.6) is 0 Å². The Morgan fingerprint density at radius 1 is 1.08 bits per heavy atom. The summed E-state index contributed by atoms with van der Waals surface area (Å²) in [5.74, 6) is 0.588. The van der Waals surface area contributed by atoms with Crippen LogP contribution in [0.15, 0.2) is 0 Å². The van der Waals surface area contributed by atoms with Crippen LogP contribution in [0.4, 0.5) is 0 Å². The Bertz CT molecular complexity index is 395. The van der Waals surface area contributed by atoms with Crippen molar-refractivity contribution in [3.63, 3.8) is 0 Å². The molecule has 0 bridgehead atoms. The van der Waals surface area contributed by atoms with Gasteiger partial charge in [-0.3, -0.25) is 0 Å². The van der Waals surface area contributed by atoms with Gasteiger partial charge in [-0.15, -0.1) is 0 Å². The molecule has 0 radical (unpaired) electrons. The Morgan fingerprint density at radius 3 is 2.38 bits per heavy atom. The number of ether oxygens (including phenoxy) is 2. The number of rotatable bonds is 6. The maximum Gasteiger partial charge on any atom is 0.168 e. The molecule has 3 aliphatic rings. The lowest BCUT2D eigenvalue weighted by molar-refractivity contribution is -0.197. The van der Waals surface area contributed by atoms with E-state index in [0.29, 0.717) is 11.5 Å². The second-order valence-electron chi connectivity index (χ2n) is 9.29. The zero-order valence-electron chi connectivity index (χ0n) is 16.5. The number of hydrogen-bond donors (Lipinski definition) is 0. The topological polar surface area (TPSA) is 21.7 Å². The molecule has 0 aromatic rings. The van der Waals surface area contributed by atoms with Crippen LogP contribution in [0.25, 0.3) is 0 Å². The van der Waals surface area contributed by atoms with E-state index < -0.39 is 0 Å². The molecule has 1 heterocycles. The summed E-state index contributed by atoms with van der Waals surface area (Å²) in [6.07, 6.45) is 13.0. The van der Waals surface area contributed by atoms with E-state index in [9.17, 15) is 0 Å². The van der Waals surface area contributed by atoms with Gasteiger partial charge in [-0.2, -0.15) is 0 Å². The molecule has 3 rings (SSSR count). The quantitative estimate of drug-likeness (QED) is 0.681. The molecule has 0 N–H and O–H groups in total. The van der Waals surface area contributed by atoms with Gasteiger partial charge in [-0.25, -0.2) is 0 Å². The van der Waals surface area contributed by atoms with Gasteiger partial charge in [-0.1, -0.05) is 40.0 Å². The molecule has 3 nitrogen and oxygen atoms in total. The van der Waals surface area contributed by atoms with Crippen molar-refractivity contribution in [1.29, 1.82) is 0 Å². The molecule has 24 heavy (non-hydrogen) atoms. The van der Waals surface area contributed by atoms with Crippen LogP contribution < -0.4 is 0 Å². The van der Waals surface area contributed by atoms with Crippen molar-refractivity contribution in [2.24, 2.45) is 11.3 Å². The SMILES string of the molecule is CCC(C)(C)C1CCC2(CC1)OCC(CCN(C)C1CCCC1)O2. The van der Waals surface area contributed by atoms with E-state index in [1.165, 1.54) is 44.9 Å². The second kappa shape index (κ2) is 7.63. The highest BCUT2D eigenvalue weighted by Crippen LogP contribution is 2.47. The van der Waals surface area contributed by atoms with Crippen LogP contribution in [0, 0.1) is 11.3 Å². The molecule has 0 aromatic heterocycles. The highest BCUT2D eigenvalue weighted by molar-refractivity contribution is 4.90. The predicted molar refractivity (Wildman–Crippen MR) is 99.1 cm³/mol. The molecule has 1 aliphatic heterocycles. The third-order valence-electron chi connectivity index (χ3n) is 7.43. The Morgan fingerprint density at radius 2 is 1.75 bits per heavy atom. The fraction of sp³-hybridized carbons (Fsp3) is 1.00. The first kappa shape index (κ1) is 18.7. The van der Waals surface area contributed by atoms with Crippen LogP contribution in [0.3, 0.4) is 0 Å². The summed E-state index contributed by atoms with van der Waals surface area (Å²) in [6, 6.07) is 0.813. The third-order valence-corrected chi connectivity index (χ3v) is 7.43. The number of nitrogens with zero attached hydrogens (tertiary/aromatic N) is 1. The van der Waals surface area contributed by atoms with Crippen LogP contribution in [-0.4, -0.2) is 43.0 Å². The van der Waals surface area contributed by atoms with Gasteiger partial charge in [0.05, 0.1) is 12.7 Å². The van der Waals surface area contributed by atoms with Crippen LogP contribution >= 0.6 is 0 Å². The first-order valence-corrected chi connectivity index (χ1v) is 10.5. The minimum Gasteiger partial charge on any atom is -0.347 e. The minimum atomic E-state index is -0.239. The van der Waals surface area contributed by atoms with Crippen molar-refractivity contribution in [1.82, 2.24) is 4.90 Å². The van der Waals surface area contributed by atoms with E-state index in [1.807, 2.05) is 0 Å². The van der Waals surface area contributed by atoms with Gasteiger partial charge in [0.15, 0.2) is 5.79 Å². The van der Waals surface area contributed by atoms with E-state index in [-0.39, 0.29) is 5.79 Å². The summed E-state index contributed by atoms with van der Waals surface area (Å²) in [4.78, 5) is 2.56. The maximum atomic E-state index is 6.45. The maximum absolute atomic E-state index is 6.45. The summed E-state index contributed by atoms with van der Waals surface area (Å²) in [5, 5.41) is 0. The van der Waals surface area contributed by atoms with Crippen molar-refractivity contribution in [3.8, 4) is 0 Å². The van der Waals surface area contributed by atoms with Crippen LogP contribution in [0.2, 0.25) is 0 Å². The molecule has 3 fully saturated rings. The average Bonchev–Trinajstić information content (AvgIpc) is 3.24. The molecule has 1 unspecified atom stereocenters. The highest BCUT2D eigenvalue weighted by atomic mass is 16.7. The Balaban J connectivity index is 1.42. The monoisotopic (exact) mass is 337 g/mol. The van der Waals surface area contributed by atoms with Gasteiger partial charge in [0.2, 0.25) is 0 Å². The van der Waals surface area contributed by atoms with Gasteiger partial charge >= 0.3 is 0 Å². The smallest absolute Gasteiger partial charge is 0.168 e. The Hall–Kier alpha value is -0.120. The summed E-state index contributed by atoms with van der Waals surface area (Å²) in [7, 11) is 2.29. The second-order valence-corrected chi connectivity index (χ2v) is 9.29. The first-order valence-electron chi connectivity index (χ1n) is 10.5. The predicted octanol–water partition coefficient (Wildman–Crippen LogP) is 4.99. The Labute approximate surface area is 149 Å². The van der Waals surface area contributed by atoms with E-state index in [4.69, 9.17) is 9.47 Å². The Kier molecular flexibility index (Phi) is 5.94. The standard InChI is InChI=1S/C21H39NO2/c1-5-20(2,3)17-10-13-21(14-11-17)23-16-19(24-21)12-15-22(4)18-8-6-7-9-18/h17-19H,5-16H2,1-4H3. The van der Waals surface area contributed by atoms with E-state index >= 15 is 0 Å². The van der Waals surface area contributed by atoms with Crippen molar-refractivity contribution < 1.29 is 9.47 Å². The summed E-state index contributed by atoms with van der Waals surface area (Å²) >= 11 is 0. The van der Waals surface area contributed by atoms with Crippen LogP contribution in [0.1, 0.15) is 85.0 Å². The molecule has 1 spiro atoms. The van der Waals surface area contributed by atoms with Crippen LogP contribution in [-0.2, 0) is 9.47 Å². The molecule has 3 heteroatoms. The summed E-state index contributed by atoms with van der Waals surface area (Å²) in [6.45, 7) is 9.13. The third kappa shape index (κ3) is 4.16. The van der Waals surface area contributed by atoms with Gasteiger partial charge in [-0.05, 0) is 50.5 Å². The lowest BCUT2D eigenvalue weighted by atomic mass is 9.68. The average molecular weight is 338 g/mol. The van der Waals surface area contributed by atoms with E-state index in [1.54, 1.807) is 0 Å². The molecule has 0 amide bonds. The normalized spacial score (nSPS) is 35.4. The number of hydrogen-bond acceptors (Lipinski definition) is 3. The zero-order chi connectivity index (χ0) is 17.2. The molecule has 1 atom stereocenters. The summed E-state index contributed by atoms with van der Waals surface area (Å²) in [5.41, 5.74) is 0.462. The molecule has 1 saturated heterocycles. The molecular formula is C21H39NO2. The minimum absolute atomic E-state index is 0.239. The summed E-state index contributed by atoms with van der Waals surface area (Å²) < 4.78 is 12.7. The molecule has 0 aromatic carbocycles. The fourth-order valence-electron chi connectivity index (χ4n) is 5.02. The first-order chi connectivity index (χ1) is 11.4. The molecular weight excluding hydrogens is 298 g/mol. The van der Waals surface area contributed by atoms with Gasteiger partial charge < -0.3 is 14.4 Å². The van der Waals surface area contributed by atoms with Gasteiger partial charge in [0, 0.05) is 25.4 Å².